The lowest BCUT2D eigenvalue weighted by molar-refractivity contribution is 0.0935. The van der Waals surface area contributed by atoms with E-state index in [9.17, 15) is 4.79 Å². The summed E-state index contributed by atoms with van der Waals surface area (Å²) in [5.41, 5.74) is 0.675. The average Bonchev–Trinajstić information content (AvgIpc) is 2.29. The summed E-state index contributed by atoms with van der Waals surface area (Å²) in [6.45, 7) is 5.13. The van der Waals surface area contributed by atoms with Crippen molar-refractivity contribution in [1.29, 1.82) is 0 Å². The molecular weight excluding hydrogens is 202 g/mol. The van der Waals surface area contributed by atoms with Crippen LogP contribution in [0.15, 0.2) is 24.3 Å². The molecule has 0 atom stereocenters. The Balaban J connectivity index is 2.79. The molecule has 0 unspecified atom stereocenters. The Morgan fingerprint density at radius 1 is 1.38 bits per heavy atom. The van der Waals surface area contributed by atoms with Crippen LogP contribution in [0.1, 0.15) is 24.2 Å². The molecule has 16 heavy (non-hydrogen) atoms. The quantitative estimate of drug-likeness (QED) is 0.590. The van der Waals surface area contributed by atoms with Crippen molar-refractivity contribution in [1.82, 2.24) is 5.32 Å². The summed E-state index contributed by atoms with van der Waals surface area (Å²) in [6, 6.07) is 7.40. The van der Waals surface area contributed by atoms with Crippen LogP contribution in [0.25, 0.3) is 0 Å². The standard InChI is InChI=1S/C13H19NO2/c1-10(2)13(15)11-6-4-5-7-12(11)16-9-8-14-3/h4-7,10,14H,8-9H2,1-3H3. The molecule has 3 heteroatoms. The Labute approximate surface area is 96.8 Å². The van der Waals surface area contributed by atoms with Gasteiger partial charge in [-0.1, -0.05) is 26.0 Å². The van der Waals surface area contributed by atoms with E-state index in [1.807, 2.05) is 45.2 Å². The van der Waals surface area contributed by atoms with Crippen LogP contribution in [0, 0.1) is 5.92 Å². The molecule has 0 amide bonds. The van der Waals surface area contributed by atoms with Gasteiger partial charge in [0.2, 0.25) is 0 Å². The molecule has 0 saturated carbocycles. The molecule has 0 aliphatic heterocycles. The first kappa shape index (κ1) is 12.7. The number of ketones is 1. The van der Waals surface area contributed by atoms with E-state index < -0.39 is 0 Å². The highest BCUT2D eigenvalue weighted by Gasteiger charge is 2.14. The van der Waals surface area contributed by atoms with Crippen LogP contribution in [-0.4, -0.2) is 26.0 Å². The molecule has 1 N–H and O–H groups in total. The van der Waals surface area contributed by atoms with Gasteiger partial charge in [0.05, 0.1) is 5.56 Å². The number of para-hydroxylation sites is 1. The summed E-state index contributed by atoms with van der Waals surface area (Å²) in [7, 11) is 1.87. The molecule has 0 spiro atoms. The summed E-state index contributed by atoms with van der Waals surface area (Å²) in [6.07, 6.45) is 0. The highest BCUT2D eigenvalue weighted by molar-refractivity contribution is 5.99. The summed E-state index contributed by atoms with van der Waals surface area (Å²) in [5, 5.41) is 3.00. The minimum absolute atomic E-state index is 0.00551. The first-order chi connectivity index (χ1) is 7.66. The van der Waals surface area contributed by atoms with Crippen molar-refractivity contribution >= 4 is 5.78 Å². The fourth-order valence-corrected chi connectivity index (χ4v) is 1.37. The fourth-order valence-electron chi connectivity index (χ4n) is 1.37. The molecule has 0 aromatic heterocycles. The molecule has 0 saturated heterocycles. The van der Waals surface area contributed by atoms with Gasteiger partial charge >= 0.3 is 0 Å². The van der Waals surface area contributed by atoms with Gasteiger partial charge in [-0.15, -0.1) is 0 Å². The van der Waals surface area contributed by atoms with Gasteiger partial charge in [0.25, 0.3) is 0 Å². The third-order valence-electron chi connectivity index (χ3n) is 2.29. The maximum Gasteiger partial charge on any atom is 0.169 e. The highest BCUT2D eigenvalue weighted by atomic mass is 16.5. The van der Waals surface area contributed by atoms with Crippen molar-refractivity contribution in [3.8, 4) is 5.75 Å². The van der Waals surface area contributed by atoms with Crippen LogP contribution in [0.4, 0.5) is 0 Å². The first-order valence-corrected chi connectivity index (χ1v) is 5.57. The topological polar surface area (TPSA) is 38.3 Å². The number of nitrogens with one attached hydrogen (secondary N) is 1. The van der Waals surface area contributed by atoms with Gasteiger partial charge in [-0.2, -0.15) is 0 Å². The van der Waals surface area contributed by atoms with Crippen molar-refractivity contribution in [3.05, 3.63) is 29.8 Å². The van der Waals surface area contributed by atoms with E-state index in [0.717, 1.165) is 6.54 Å². The van der Waals surface area contributed by atoms with Gasteiger partial charge in [-0.25, -0.2) is 0 Å². The van der Waals surface area contributed by atoms with E-state index in [1.54, 1.807) is 0 Å². The van der Waals surface area contributed by atoms with Gasteiger partial charge in [0.1, 0.15) is 12.4 Å². The first-order valence-electron chi connectivity index (χ1n) is 5.57. The largest absolute Gasteiger partial charge is 0.492 e. The zero-order valence-corrected chi connectivity index (χ0v) is 10.1. The Bertz CT molecular complexity index is 348. The predicted molar refractivity (Wildman–Crippen MR) is 65.0 cm³/mol. The second-order valence-electron chi connectivity index (χ2n) is 3.97. The monoisotopic (exact) mass is 221 g/mol. The number of carbonyl (C=O) groups excluding carboxylic acids is 1. The van der Waals surface area contributed by atoms with E-state index in [2.05, 4.69) is 5.32 Å². The number of hydrogen-bond donors (Lipinski definition) is 1. The molecule has 0 fully saturated rings. The summed E-state index contributed by atoms with van der Waals surface area (Å²) >= 11 is 0. The Morgan fingerprint density at radius 3 is 2.69 bits per heavy atom. The second kappa shape index (κ2) is 6.28. The third kappa shape index (κ3) is 3.35. The van der Waals surface area contributed by atoms with Gasteiger partial charge < -0.3 is 10.1 Å². The average molecular weight is 221 g/mol. The summed E-state index contributed by atoms with van der Waals surface area (Å²) in [4.78, 5) is 11.9. The van der Waals surface area contributed by atoms with Crippen molar-refractivity contribution in [2.24, 2.45) is 5.92 Å². The Hall–Kier alpha value is -1.35. The molecule has 0 radical (unpaired) electrons. The third-order valence-corrected chi connectivity index (χ3v) is 2.29. The molecule has 0 heterocycles. The van der Waals surface area contributed by atoms with Gasteiger partial charge in [0, 0.05) is 12.5 Å². The van der Waals surface area contributed by atoms with E-state index >= 15 is 0 Å². The SMILES string of the molecule is CNCCOc1ccccc1C(=O)C(C)C. The summed E-state index contributed by atoms with van der Waals surface area (Å²) < 4.78 is 5.57. The Kier molecular flexibility index (Phi) is 4.99. The van der Waals surface area contributed by atoms with E-state index in [1.165, 1.54) is 0 Å². The maximum absolute atomic E-state index is 11.9. The molecule has 1 aromatic rings. The second-order valence-corrected chi connectivity index (χ2v) is 3.97. The van der Waals surface area contributed by atoms with Crippen LogP contribution >= 0.6 is 0 Å². The Morgan fingerprint density at radius 2 is 2.06 bits per heavy atom. The maximum atomic E-state index is 11.9. The van der Waals surface area contributed by atoms with Gasteiger partial charge in [-0.05, 0) is 19.2 Å². The lowest BCUT2D eigenvalue weighted by Crippen LogP contribution is -2.17. The van der Waals surface area contributed by atoms with Crippen molar-refractivity contribution < 1.29 is 9.53 Å². The minimum atomic E-state index is -0.00551. The van der Waals surface area contributed by atoms with Crippen LogP contribution in [0.5, 0.6) is 5.75 Å². The van der Waals surface area contributed by atoms with E-state index in [0.29, 0.717) is 17.9 Å². The number of benzene rings is 1. The summed E-state index contributed by atoms with van der Waals surface area (Å²) in [5.74, 6) is 0.797. The number of Topliss-reactive ketones (excluding diaryl/α,β-unsaturated/α-hetero) is 1. The fraction of sp³-hybridized carbons (Fsp3) is 0.462. The van der Waals surface area contributed by atoms with Gasteiger partial charge in [-0.3, -0.25) is 4.79 Å². The lowest BCUT2D eigenvalue weighted by atomic mass is 10.0. The molecule has 0 bridgehead atoms. The number of likely N-dealkylation sites (N-methyl/N-ethyl adjacent to an activating group) is 1. The van der Waals surface area contributed by atoms with Crippen LogP contribution < -0.4 is 10.1 Å². The molecular formula is C13H19NO2. The highest BCUT2D eigenvalue weighted by Crippen LogP contribution is 2.21. The zero-order valence-electron chi connectivity index (χ0n) is 10.1. The van der Waals surface area contributed by atoms with Crippen molar-refractivity contribution in [2.75, 3.05) is 20.2 Å². The van der Waals surface area contributed by atoms with Crippen LogP contribution in [0.3, 0.4) is 0 Å². The number of carbonyl (C=O) groups is 1. The van der Waals surface area contributed by atoms with Crippen molar-refractivity contribution in [3.63, 3.8) is 0 Å². The molecule has 1 rings (SSSR count). The number of ether oxygens (including phenoxy) is 1. The molecule has 1 aromatic carbocycles. The van der Waals surface area contributed by atoms with Crippen LogP contribution in [0.2, 0.25) is 0 Å². The van der Waals surface area contributed by atoms with E-state index in [4.69, 9.17) is 4.74 Å². The predicted octanol–water partition coefficient (Wildman–Crippen LogP) is 2.12. The molecule has 88 valence electrons. The smallest absolute Gasteiger partial charge is 0.169 e. The number of hydrogen-bond acceptors (Lipinski definition) is 3. The zero-order chi connectivity index (χ0) is 12.0. The molecule has 0 aliphatic carbocycles. The van der Waals surface area contributed by atoms with Crippen molar-refractivity contribution in [2.45, 2.75) is 13.8 Å². The number of rotatable bonds is 6. The van der Waals surface area contributed by atoms with Gasteiger partial charge in [0.15, 0.2) is 5.78 Å². The minimum Gasteiger partial charge on any atom is -0.492 e. The van der Waals surface area contributed by atoms with E-state index in [-0.39, 0.29) is 11.7 Å². The lowest BCUT2D eigenvalue weighted by Gasteiger charge is -2.11. The molecule has 0 aliphatic rings. The molecule has 3 nitrogen and oxygen atoms in total. The van der Waals surface area contributed by atoms with Crippen LogP contribution in [-0.2, 0) is 0 Å². The normalized spacial score (nSPS) is 10.5.